The monoisotopic (exact) mass is 379 g/mol. The van der Waals surface area contributed by atoms with E-state index >= 15 is 0 Å². The molecule has 3 heterocycles. The molecule has 4 rings (SSSR count). The summed E-state index contributed by atoms with van der Waals surface area (Å²) in [7, 11) is 0. The van der Waals surface area contributed by atoms with Crippen molar-refractivity contribution >= 4 is 23.3 Å². The molecule has 6 nitrogen and oxygen atoms in total. The number of carbonyl (C=O) groups is 1. The van der Waals surface area contributed by atoms with E-state index < -0.39 is 0 Å². The highest BCUT2D eigenvalue weighted by molar-refractivity contribution is 6.30. The van der Waals surface area contributed by atoms with Gasteiger partial charge in [0.1, 0.15) is 12.1 Å². The van der Waals surface area contributed by atoms with Crippen LogP contribution in [0.2, 0.25) is 5.02 Å². The third-order valence-corrected chi connectivity index (χ3v) is 4.83. The molecule has 0 atom stereocenters. The maximum absolute atomic E-state index is 12.6. The summed E-state index contributed by atoms with van der Waals surface area (Å²) in [5.74, 6) is 0.798. The number of aromatic nitrogens is 3. The Morgan fingerprint density at radius 2 is 2.04 bits per heavy atom. The molecule has 1 aliphatic heterocycles. The van der Waals surface area contributed by atoms with Gasteiger partial charge in [-0.3, -0.25) is 9.78 Å². The first-order valence-electron chi connectivity index (χ1n) is 8.71. The second-order valence-corrected chi connectivity index (χ2v) is 6.78. The van der Waals surface area contributed by atoms with Crippen molar-refractivity contribution in [3.8, 4) is 0 Å². The fraction of sp³-hybridized carbons (Fsp3) is 0.200. The molecule has 0 spiro atoms. The summed E-state index contributed by atoms with van der Waals surface area (Å²) in [6.45, 7) is 1.75. The first kappa shape index (κ1) is 17.4. The summed E-state index contributed by atoms with van der Waals surface area (Å²) >= 11 is 5.93. The Hall–Kier alpha value is -2.99. The van der Waals surface area contributed by atoms with Crippen LogP contribution in [0, 0.1) is 0 Å². The maximum atomic E-state index is 12.6. The van der Waals surface area contributed by atoms with Gasteiger partial charge >= 0.3 is 0 Å². The Balaban J connectivity index is 1.48. The van der Waals surface area contributed by atoms with E-state index in [9.17, 15) is 4.79 Å². The normalized spacial score (nSPS) is 13.1. The van der Waals surface area contributed by atoms with Crippen molar-refractivity contribution in [3.05, 3.63) is 82.5 Å². The van der Waals surface area contributed by atoms with Gasteiger partial charge in [0, 0.05) is 36.1 Å². The SMILES string of the molecule is O=C(c1cccnc1)N1CCc2c(ncnc2NCc2ccc(Cl)cc2)C1. The minimum Gasteiger partial charge on any atom is -0.366 e. The number of halogens is 1. The van der Waals surface area contributed by atoms with E-state index in [0.717, 1.165) is 27.7 Å². The molecule has 1 N–H and O–H groups in total. The van der Waals surface area contributed by atoms with Gasteiger partial charge in [-0.2, -0.15) is 0 Å². The quantitative estimate of drug-likeness (QED) is 0.752. The fourth-order valence-corrected chi connectivity index (χ4v) is 3.27. The first-order valence-corrected chi connectivity index (χ1v) is 9.09. The van der Waals surface area contributed by atoms with Crippen LogP contribution >= 0.6 is 11.6 Å². The van der Waals surface area contributed by atoms with Crippen LogP contribution < -0.4 is 5.32 Å². The van der Waals surface area contributed by atoms with Gasteiger partial charge in [0.2, 0.25) is 0 Å². The van der Waals surface area contributed by atoms with E-state index in [1.54, 1.807) is 35.8 Å². The van der Waals surface area contributed by atoms with E-state index in [4.69, 9.17) is 11.6 Å². The van der Waals surface area contributed by atoms with Crippen molar-refractivity contribution in [2.45, 2.75) is 19.5 Å². The topological polar surface area (TPSA) is 71.0 Å². The van der Waals surface area contributed by atoms with Crippen molar-refractivity contribution in [1.29, 1.82) is 0 Å². The summed E-state index contributed by atoms with van der Waals surface area (Å²) in [5.41, 5.74) is 3.67. The third kappa shape index (κ3) is 3.90. The number of rotatable bonds is 4. The average Bonchev–Trinajstić information content (AvgIpc) is 2.73. The number of nitrogens with one attached hydrogen (secondary N) is 1. The lowest BCUT2D eigenvalue weighted by atomic mass is 10.0. The van der Waals surface area contributed by atoms with E-state index in [1.165, 1.54) is 0 Å². The Morgan fingerprint density at radius 1 is 1.19 bits per heavy atom. The molecule has 7 heteroatoms. The van der Waals surface area contributed by atoms with Crippen molar-refractivity contribution in [2.75, 3.05) is 11.9 Å². The molecule has 136 valence electrons. The maximum Gasteiger partial charge on any atom is 0.255 e. The molecule has 1 amide bonds. The van der Waals surface area contributed by atoms with Gasteiger partial charge in [0.05, 0.1) is 17.8 Å². The van der Waals surface area contributed by atoms with Gasteiger partial charge in [-0.25, -0.2) is 9.97 Å². The molecule has 0 unspecified atom stereocenters. The number of pyridine rings is 1. The second-order valence-electron chi connectivity index (χ2n) is 6.35. The minimum atomic E-state index is -0.0250. The van der Waals surface area contributed by atoms with Crippen LogP contribution in [0.1, 0.15) is 27.2 Å². The van der Waals surface area contributed by atoms with Gasteiger partial charge < -0.3 is 10.2 Å². The minimum absolute atomic E-state index is 0.0250. The van der Waals surface area contributed by atoms with Gasteiger partial charge in [-0.1, -0.05) is 23.7 Å². The predicted molar refractivity (Wildman–Crippen MR) is 103 cm³/mol. The second kappa shape index (κ2) is 7.72. The lowest BCUT2D eigenvalue weighted by Crippen LogP contribution is -2.37. The van der Waals surface area contributed by atoms with Gasteiger partial charge in [-0.05, 0) is 36.2 Å². The highest BCUT2D eigenvalue weighted by atomic mass is 35.5. The number of benzene rings is 1. The molecule has 0 bridgehead atoms. The summed E-state index contributed by atoms with van der Waals surface area (Å²) in [6.07, 6.45) is 5.51. The largest absolute Gasteiger partial charge is 0.366 e. The van der Waals surface area contributed by atoms with Gasteiger partial charge in [0.25, 0.3) is 5.91 Å². The summed E-state index contributed by atoms with van der Waals surface area (Å²) < 4.78 is 0. The molecule has 2 aromatic heterocycles. The van der Waals surface area contributed by atoms with Gasteiger partial charge in [0.15, 0.2) is 0 Å². The molecular formula is C20H18ClN5O. The van der Waals surface area contributed by atoms with Gasteiger partial charge in [-0.15, -0.1) is 0 Å². The number of hydrogen-bond donors (Lipinski definition) is 1. The molecule has 0 radical (unpaired) electrons. The summed E-state index contributed by atoms with van der Waals surface area (Å²) in [4.78, 5) is 27.3. The fourth-order valence-electron chi connectivity index (χ4n) is 3.14. The molecule has 0 aliphatic carbocycles. The van der Waals surface area contributed by atoms with E-state index in [1.807, 2.05) is 24.3 Å². The Labute approximate surface area is 162 Å². The van der Waals surface area contributed by atoms with Crippen molar-refractivity contribution in [1.82, 2.24) is 19.9 Å². The molecule has 27 heavy (non-hydrogen) atoms. The number of anilines is 1. The summed E-state index contributed by atoms with van der Waals surface area (Å²) in [5, 5.41) is 4.10. The van der Waals surface area contributed by atoms with Crippen LogP contribution in [-0.4, -0.2) is 32.3 Å². The van der Waals surface area contributed by atoms with Crippen LogP contribution in [0.4, 0.5) is 5.82 Å². The molecule has 1 aromatic carbocycles. The van der Waals surface area contributed by atoms with Crippen LogP contribution in [0.3, 0.4) is 0 Å². The van der Waals surface area contributed by atoms with Crippen LogP contribution in [0.15, 0.2) is 55.1 Å². The van der Waals surface area contributed by atoms with Crippen molar-refractivity contribution < 1.29 is 4.79 Å². The van der Waals surface area contributed by atoms with E-state index in [2.05, 4.69) is 20.3 Å². The van der Waals surface area contributed by atoms with Crippen LogP contribution in [0.25, 0.3) is 0 Å². The smallest absolute Gasteiger partial charge is 0.255 e. The Bertz CT molecular complexity index is 946. The number of amides is 1. The zero-order valence-corrected chi connectivity index (χ0v) is 15.4. The van der Waals surface area contributed by atoms with E-state index in [0.29, 0.717) is 31.6 Å². The standard InChI is InChI=1S/C20H18ClN5O/c21-16-5-3-14(4-6-16)10-23-19-17-7-9-26(12-18(17)24-13-25-19)20(27)15-2-1-8-22-11-15/h1-6,8,11,13H,7,9-10,12H2,(H,23,24,25). The third-order valence-electron chi connectivity index (χ3n) is 4.58. The van der Waals surface area contributed by atoms with Crippen LogP contribution in [0.5, 0.6) is 0 Å². The molecule has 1 aliphatic rings. The van der Waals surface area contributed by atoms with Crippen LogP contribution in [-0.2, 0) is 19.5 Å². The van der Waals surface area contributed by atoms with E-state index in [-0.39, 0.29) is 5.91 Å². The number of hydrogen-bond acceptors (Lipinski definition) is 5. The molecule has 0 saturated heterocycles. The average molecular weight is 380 g/mol. The predicted octanol–water partition coefficient (Wildman–Crippen LogP) is 3.34. The molecule has 0 saturated carbocycles. The lowest BCUT2D eigenvalue weighted by Gasteiger charge is -2.29. The Morgan fingerprint density at radius 3 is 2.81 bits per heavy atom. The molecule has 3 aromatic rings. The number of fused-ring (bicyclic) bond motifs is 1. The highest BCUT2D eigenvalue weighted by Gasteiger charge is 2.25. The zero-order valence-electron chi connectivity index (χ0n) is 14.6. The Kier molecular flexibility index (Phi) is 4.98. The number of nitrogens with zero attached hydrogens (tertiary/aromatic N) is 4. The number of carbonyl (C=O) groups excluding carboxylic acids is 1. The van der Waals surface area contributed by atoms with Crippen molar-refractivity contribution in [3.63, 3.8) is 0 Å². The summed E-state index contributed by atoms with van der Waals surface area (Å²) in [6, 6.07) is 11.3. The molecule has 0 fully saturated rings. The molecular weight excluding hydrogens is 362 g/mol. The zero-order chi connectivity index (χ0) is 18.6. The van der Waals surface area contributed by atoms with Crippen molar-refractivity contribution in [2.24, 2.45) is 0 Å². The first-order chi connectivity index (χ1) is 13.2. The highest BCUT2D eigenvalue weighted by Crippen LogP contribution is 2.24. The lowest BCUT2D eigenvalue weighted by molar-refractivity contribution is 0.0731.